The highest BCUT2D eigenvalue weighted by atomic mass is 19.3. The number of nitriles is 1. The maximum atomic E-state index is 15.3. The number of rotatable bonds is 12. The van der Waals surface area contributed by atoms with Crippen molar-refractivity contribution >= 4 is 29.2 Å². The van der Waals surface area contributed by atoms with Gasteiger partial charge in [-0.05, 0) is 67.1 Å². The Hall–Kier alpha value is -5.68. The molecule has 1 aliphatic heterocycles. The summed E-state index contributed by atoms with van der Waals surface area (Å²) in [5.41, 5.74) is -0.603. The summed E-state index contributed by atoms with van der Waals surface area (Å²) in [4.78, 5) is 42.2. The number of likely N-dealkylation sites (N-methyl/N-ethyl adjacent to an activating group) is 1. The Kier molecular flexibility index (Phi) is 10.0. The number of carboxylic acid groups (broad SMARTS) is 1. The summed E-state index contributed by atoms with van der Waals surface area (Å²) in [5.74, 6) is -5.87. The van der Waals surface area contributed by atoms with Crippen LogP contribution in [0.25, 0.3) is 0 Å². The van der Waals surface area contributed by atoms with Crippen LogP contribution in [-0.4, -0.2) is 71.4 Å². The number of hydrogen-bond acceptors (Lipinski definition) is 7. The number of ether oxygens (including phenoxy) is 1. The molecular formula is C36H35F3N6O5. The van der Waals surface area contributed by atoms with Crippen molar-refractivity contribution in [3.05, 3.63) is 107 Å². The lowest BCUT2D eigenvalue weighted by atomic mass is 9.88. The van der Waals surface area contributed by atoms with E-state index in [-0.39, 0.29) is 46.8 Å². The number of amides is 2. The molecule has 1 aliphatic rings. The second kappa shape index (κ2) is 14.0. The lowest BCUT2D eigenvalue weighted by Gasteiger charge is -2.37. The molecule has 0 unspecified atom stereocenters. The van der Waals surface area contributed by atoms with E-state index in [4.69, 9.17) is 4.74 Å². The first kappa shape index (κ1) is 35.6. The van der Waals surface area contributed by atoms with Gasteiger partial charge in [0.1, 0.15) is 17.6 Å². The van der Waals surface area contributed by atoms with Gasteiger partial charge in [-0.1, -0.05) is 26.0 Å². The number of fused-ring (bicyclic) bond motifs is 1. The molecule has 0 fully saturated rings. The predicted octanol–water partition coefficient (Wildman–Crippen LogP) is 5.93. The van der Waals surface area contributed by atoms with Crippen molar-refractivity contribution in [1.82, 2.24) is 14.7 Å². The van der Waals surface area contributed by atoms with E-state index in [0.29, 0.717) is 18.8 Å². The van der Waals surface area contributed by atoms with Gasteiger partial charge >= 0.3 is 5.97 Å². The van der Waals surface area contributed by atoms with Crippen molar-refractivity contribution in [2.24, 2.45) is 5.41 Å². The smallest absolute Gasteiger partial charge is 0.303 e. The number of anilines is 2. The minimum atomic E-state index is -3.44. The lowest BCUT2D eigenvalue weighted by Crippen LogP contribution is -2.48. The minimum Gasteiger partial charge on any atom is -0.495 e. The van der Waals surface area contributed by atoms with Gasteiger partial charge < -0.3 is 25.0 Å². The number of alkyl halides is 2. The Labute approximate surface area is 286 Å². The van der Waals surface area contributed by atoms with Gasteiger partial charge in [-0.2, -0.15) is 19.1 Å². The Balaban J connectivity index is 1.47. The van der Waals surface area contributed by atoms with E-state index in [0.717, 1.165) is 24.3 Å². The zero-order chi connectivity index (χ0) is 36.4. The molecule has 260 valence electrons. The van der Waals surface area contributed by atoms with Crippen molar-refractivity contribution in [2.75, 3.05) is 44.0 Å². The van der Waals surface area contributed by atoms with Crippen LogP contribution in [-0.2, 0) is 10.7 Å². The largest absolute Gasteiger partial charge is 0.495 e. The van der Waals surface area contributed by atoms with Crippen molar-refractivity contribution in [1.29, 1.82) is 5.26 Å². The quantitative estimate of drug-likeness (QED) is 0.187. The van der Waals surface area contributed by atoms with Crippen LogP contribution < -0.4 is 15.0 Å². The maximum Gasteiger partial charge on any atom is 0.303 e. The van der Waals surface area contributed by atoms with Crippen LogP contribution in [0.15, 0.2) is 72.9 Å². The van der Waals surface area contributed by atoms with E-state index in [1.807, 2.05) is 31.9 Å². The molecular weight excluding hydrogens is 653 g/mol. The SMILES string of the molecule is COc1ccc(C(=O)Nc2cnn3c2C(=O)N(c2ccc(C(F)(F)c4ccc(F)cc4)cc2)C[C@@H]3CN(C)CC(C)(C)CC(=O)O)cc1C#N. The van der Waals surface area contributed by atoms with Crippen LogP contribution in [0.2, 0.25) is 0 Å². The third-order valence-electron chi connectivity index (χ3n) is 8.41. The zero-order valence-corrected chi connectivity index (χ0v) is 27.8. The van der Waals surface area contributed by atoms with Gasteiger partial charge in [0.25, 0.3) is 17.7 Å². The summed E-state index contributed by atoms with van der Waals surface area (Å²) in [5, 5.41) is 26.0. The minimum absolute atomic E-state index is 0.0440. The molecule has 1 atom stereocenters. The van der Waals surface area contributed by atoms with E-state index < -0.39 is 46.5 Å². The number of carbonyl (C=O) groups is 3. The molecule has 0 radical (unpaired) electrons. The van der Waals surface area contributed by atoms with Crippen LogP contribution in [0.5, 0.6) is 5.75 Å². The van der Waals surface area contributed by atoms with Gasteiger partial charge in [-0.3, -0.25) is 19.1 Å². The fourth-order valence-corrected chi connectivity index (χ4v) is 6.23. The average Bonchev–Trinajstić information content (AvgIpc) is 3.49. The highest BCUT2D eigenvalue weighted by Crippen LogP contribution is 2.38. The van der Waals surface area contributed by atoms with Gasteiger partial charge in [-0.25, -0.2) is 4.39 Å². The molecule has 0 bridgehead atoms. The number of halogens is 3. The topological polar surface area (TPSA) is 141 Å². The Morgan fingerprint density at radius 3 is 2.34 bits per heavy atom. The average molecular weight is 689 g/mol. The molecule has 2 heterocycles. The predicted molar refractivity (Wildman–Crippen MR) is 178 cm³/mol. The third kappa shape index (κ3) is 7.47. The summed E-state index contributed by atoms with van der Waals surface area (Å²) in [6.45, 7) is 4.47. The third-order valence-corrected chi connectivity index (χ3v) is 8.41. The number of carbonyl (C=O) groups excluding carboxylic acids is 2. The van der Waals surface area contributed by atoms with E-state index in [9.17, 15) is 29.1 Å². The monoisotopic (exact) mass is 688 g/mol. The zero-order valence-electron chi connectivity index (χ0n) is 27.8. The number of nitrogens with zero attached hydrogens (tertiary/aromatic N) is 5. The molecule has 2 amide bonds. The molecule has 0 spiro atoms. The first-order valence-corrected chi connectivity index (χ1v) is 15.6. The van der Waals surface area contributed by atoms with Crippen LogP contribution in [0.3, 0.4) is 0 Å². The van der Waals surface area contributed by atoms with Crippen LogP contribution in [0.4, 0.5) is 24.5 Å². The molecule has 2 N–H and O–H groups in total. The standard InChI is InChI=1S/C36H35F3N6O5/c1-35(2,16-31(46)47)21-43(3)19-28-20-44(27-12-8-25(9-13-27)36(38,39)24-6-10-26(37)11-7-24)34(49)32-29(18-41-45(28)32)42-33(48)22-5-14-30(50-4)23(15-22)17-40/h5-15,18,28H,16,19-21H2,1-4H3,(H,42,48)(H,46,47)/t28-/m0/s1. The number of carboxylic acids is 1. The van der Waals surface area contributed by atoms with Crippen molar-refractivity contribution in [3.8, 4) is 11.8 Å². The summed E-state index contributed by atoms with van der Waals surface area (Å²) in [7, 11) is 3.22. The molecule has 1 aromatic heterocycles. The van der Waals surface area contributed by atoms with Crippen LogP contribution >= 0.6 is 0 Å². The molecule has 3 aromatic carbocycles. The van der Waals surface area contributed by atoms with E-state index in [1.54, 1.807) is 0 Å². The van der Waals surface area contributed by atoms with E-state index in [1.165, 1.54) is 65.4 Å². The van der Waals surface area contributed by atoms with E-state index >= 15 is 8.78 Å². The fourth-order valence-electron chi connectivity index (χ4n) is 6.23. The normalized spacial score (nSPS) is 14.7. The Bertz CT molecular complexity index is 1950. The summed E-state index contributed by atoms with van der Waals surface area (Å²) in [6, 6.07) is 14.9. The van der Waals surface area contributed by atoms with Gasteiger partial charge in [0.15, 0.2) is 5.69 Å². The second-order valence-corrected chi connectivity index (χ2v) is 13.0. The second-order valence-electron chi connectivity index (χ2n) is 13.0. The highest BCUT2D eigenvalue weighted by Gasteiger charge is 2.38. The first-order valence-electron chi connectivity index (χ1n) is 15.6. The van der Waals surface area contributed by atoms with Crippen molar-refractivity contribution in [2.45, 2.75) is 32.2 Å². The Morgan fingerprint density at radius 2 is 1.74 bits per heavy atom. The molecule has 14 heteroatoms. The highest BCUT2D eigenvalue weighted by molar-refractivity contribution is 6.13. The molecule has 4 aromatic rings. The number of aliphatic carboxylic acids is 1. The van der Waals surface area contributed by atoms with Gasteiger partial charge in [0.05, 0.1) is 43.6 Å². The molecule has 11 nitrogen and oxygen atoms in total. The van der Waals surface area contributed by atoms with Gasteiger partial charge in [0, 0.05) is 35.5 Å². The first-order chi connectivity index (χ1) is 23.6. The molecule has 0 saturated heterocycles. The fraction of sp³-hybridized carbons (Fsp3) is 0.306. The number of nitrogens with one attached hydrogen (secondary N) is 1. The van der Waals surface area contributed by atoms with Crippen molar-refractivity contribution in [3.63, 3.8) is 0 Å². The summed E-state index contributed by atoms with van der Waals surface area (Å²) in [6.07, 6.45) is 1.28. The number of methoxy groups -OCH3 is 1. The molecule has 50 heavy (non-hydrogen) atoms. The van der Waals surface area contributed by atoms with Crippen LogP contribution in [0, 0.1) is 22.6 Å². The molecule has 5 rings (SSSR count). The lowest BCUT2D eigenvalue weighted by molar-refractivity contribution is -0.139. The number of aromatic nitrogens is 2. The molecule has 0 saturated carbocycles. The summed E-state index contributed by atoms with van der Waals surface area (Å²) < 4.78 is 50.7. The number of hydrogen-bond donors (Lipinski definition) is 2. The number of benzene rings is 3. The van der Waals surface area contributed by atoms with Crippen LogP contribution in [0.1, 0.15) is 63.8 Å². The van der Waals surface area contributed by atoms with Crippen molar-refractivity contribution < 1.29 is 37.4 Å². The van der Waals surface area contributed by atoms with E-state index in [2.05, 4.69) is 10.4 Å². The maximum absolute atomic E-state index is 15.3. The summed E-state index contributed by atoms with van der Waals surface area (Å²) >= 11 is 0. The van der Waals surface area contributed by atoms with Gasteiger partial charge in [-0.15, -0.1) is 0 Å². The Morgan fingerprint density at radius 1 is 1.10 bits per heavy atom. The van der Waals surface area contributed by atoms with Gasteiger partial charge in [0.2, 0.25) is 0 Å². The molecule has 0 aliphatic carbocycles.